The van der Waals surface area contributed by atoms with Gasteiger partial charge in [0.1, 0.15) is 17.2 Å². The van der Waals surface area contributed by atoms with E-state index in [4.69, 9.17) is 17.3 Å². The Labute approximate surface area is 124 Å². The van der Waals surface area contributed by atoms with Crippen molar-refractivity contribution in [3.8, 4) is 0 Å². The molecule has 0 saturated heterocycles. The fourth-order valence-corrected chi connectivity index (χ4v) is 2.45. The van der Waals surface area contributed by atoms with Gasteiger partial charge in [0.15, 0.2) is 0 Å². The van der Waals surface area contributed by atoms with Gasteiger partial charge in [0.25, 0.3) is 5.56 Å². The molecule has 2 heterocycles. The number of fused-ring (bicyclic) bond motifs is 1. The van der Waals surface area contributed by atoms with Gasteiger partial charge in [0.05, 0.1) is 0 Å². The summed E-state index contributed by atoms with van der Waals surface area (Å²) in [5.41, 5.74) is 7.15. The molecule has 0 aliphatic carbocycles. The van der Waals surface area contributed by atoms with Crippen molar-refractivity contribution in [1.29, 1.82) is 0 Å². The van der Waals surface area contributed by atoms with E-state index in [1.165, 1.54) is 27.3 Å². The Morgan fingerprint density at radius 2 is 2.14 bits per heavy atom. The largest absolute Gasteiger partial charge is 0.382 e. The normalized spacial score (nSPS) is 11.2. The van der Waals surface area contributed by atoms with Gasteiger partial charge < -0.3 is 10.3 Å². The Bertz CT molecular complexity index is 900. The van der Waals surface area contributed by atoms with E-state index >= 15 is 0 Å². The molecule has 108 valence electrons. The lowest BCUT2D eigenvalue weighted by molar-refractivity contribution is 0.626. The first-order valence-electron chi connectivity index (χ1n) is 6.23. The SMILES string of the molecule is Cn1ccn2nc(N)c(Cc3cc(F)ccc3Cl)c2c1=O. The Morgan fingerprint density at radius 1 is 1.38 bits per heavy atom. The smallest absolute Gasteiger partial charge is 0.276 e. The molecule has 0 fully saturated rings. The minimum absolute atomic E-state index is 0.218. The van der Waals surface area contributed by atoms with Gasteiger partial charge in [-0.25, -0.2) is 8.91 Å². The molecule has 21 heavy (non-hydrogen) atoms. The van der Waals surface area contributed by atoms with Gasteiger partial charge in [-0.1, -0.05) is 11.6 Å². The van der Waals surface area contributed by atoms with E-state index in [1.54, 1.807) is 19.4 Å². The number of hydrogen-bond donors (Lipinski definition) is 1. The fraction of sp³-hybridized carbons (Fsp3) is 0.143. The predicted molar refractivity (Wildman–Crippen MR) is 79.1 cm³/mol. The lowest BCUT2D eigenvalue weighted by Gasteiger charge is -2.05. The molecule has 0 radical (unpaired) electrons. The highest BCUT2D eigenvalue weighted by molar-refractivity contribution is 6.31. The number of aryl methyl sites for hydroxylation is 1. The minimum atomic E-state index is -0.391. The summed E-state index contributed by atoms with van der Waals surface area (Å²) < 4.78 is 16.2. The van der Waals surface area contributed by atoms with Crippen LogP contribution in [0.2, 0.25) is 5.02 Å². The van der Waals surface area contributed by atoms with E-state index in [2.05, 4.69) is 5.10 Å². The van der Waals surface area contributed by atoms with Gasteiger partial charge in [0, 0.05) is 36.4 Å². The summed E-state index contributed by atoms with van der Waals surface area (Å²) in [7, 11) is 1.64. The van der Waals surface area contributed by atoms with Crippen molar-refractivity contribution in [2.45, 2.75) is 6.42 Å². The van der Waals surface area contributed by atoms with Crippen molar-refractivity contribution in [3.05, 3.63) is 62.9 Å². The van der Waals surface area contributed by atoms with Crippen LogP contribution in [0.5, 0.6) is 0 Å². The first-order valence-corrected chi connectivity index (χ1v) is 6.61. The molecule has 0 spiro atoms. The zero-order valence-electron chi connectivity index (χ0n) is 11.2. The number of anilines is 1. The van der Waals surface area contributed by atoms with Crippen LogP contribution < -0.4 is 11.3 Å². The number of nitrogen functional groups attached to an aromatic ring is 1. The second kappa shape index (κ2) is 4.89. The highest BCUT2D eigenvalue weighted by atomic mass is 35.5. The number of halogens is 2. The van der Waals surface area contributed by atoms with Gasteiger partial charge in [-0.15, -0.1) is 0 Å². The maximum atomic E-state index is 13.4. The summed E-state index contributed by atoms with van der Waals surface area (Å²) in [5.74, 6) is -0.157. The summed E-state index contributed by atoms with van der Waals surface area (Å²) in [6, 6.07) is 4.09. The van der Waals surface area contributed by atoms with Crippen LogP contribution >= 0.6 is 11.6 Å². The van der Waals surface area contributed by atoms with Crippen LogP contribution in [0.4, 0.5) is 10.2 Å². The first-order chi connectivity index (χ1) is 9.97. The maximum Gasteiger partial charge on any atom is 0.276 e. The van der Waals surface area contributed by atoms with Gasteiger partial charge in [-0.2, -0.15) is 5.10 Å². The molecule has 2 N–H and O–H groups in total. The van der Waals surface area contributed by atoms with Crippen molar-refractivity contribution in [3.63, 3.8) is 0 Å². The molecule has 3 rings (SSSR count). The molecular formula is C14H12ClFN4O. The average Bonchev–Trinajstić information content (AvgIpc) is 2.75. The molecule has 2 aromatic heterocycles. The Kier molecular flexibility index (Phi) is 3.17. The number of aromatic nitrogens is 3. The standard InChI is InChI=1S/C14H12ClFN4O/c1-19-4-5-20-12(14(19)21)10(13(17)18-20)7-8-6-9(16)2-3-11(8)15/h2-6H,7H2,1H3,(H2,17,18). The third-order valence-electron chi connectivity index (χ3n) is 3.37. The molecule has 0 bridgehead atoms. The van der Waals surface area contributed by atoms with Gasteiger partial charge in [-0.3, -0.25) is 4.79 Å². The summed E-state index contributed by atoms with van der Waals surface area (Å²) >= 11 is 6.07. The number of benzene rings is 1. The Hall–Kier alpha value is -2.34. The van der Waals surface area contributed by atoms with Crippen molar-refractivity contribution in [2.75, 3.05) is 5.73 Å². The maximum absolute atomic E-state index is 13.4. The number of nitrogens with two attached hydrogens (primary N) is 1. The van der Waals surface area contributed by atoms with Crippen molar-refractivity contribution in [2.24, 2.45) is 7.05 Å². The Morgan fingerprint density at radius 3 is 2.90 bits per heavy atom. The van der Waals surface area contributed by atoms with Gasteiger partial charge in [0.2, 0.25) is 0 Å². The van der Waals surface area contributed by atoms with E-state index in [9.17, 15) is 9.18 Å². The van der Waals surface area contributed by atoms with Crippen LogP contribution in [-0.4, -0.2) is 14.2 Å². The summed E-state index contributed by atoms with van der Waals surface area (Å²) in [4.78, 5) is 12.2. The molecule has 0 amide bonds. The van der Waals surface area contributed by atoms with Crippen LogP contribution in [0.3, 0.4) is 0 Å². The Balaban J connectivity index is 2.21. The highest BCUT2D eigenvalue weighted by Gasteiger charge is 2.16. The first kappa shape index (κ1) is 13.6. The van der Waals surface area contributed by atoms with Crippen molar-refractivity contribution < 1.29 is 4.39 Å². The molecule has 0 aliphatic rings. The van der Waals surface area contributed by atoms with Crippen molar-refractivity contribution in [1.82, 2.24) is 14.2 Å². The summed E-state index contributed by atoms with van der Waals surface area (Å²) in [6.07, 6.45) is 3.48. The second-order valence-electron chi connectivity index (χ2n) is 4.78. The molecule has 0 unspecified atom stereocenters. The molecule has 5 nitrogen and oxygen atoms in total. The zero-order chi connectivity index (χ0) is 15.1. The molecule has 0 atom stereocenters. The van der Waals surface area contributed by atoms with E-state index < -0.39 is 5.82 Å². The number of hydrogen-bond acceptors (Lipinski definition) is 3. The minimum Gasteiger partial charge on any atom is -0.382 e. The lowest BCUT2D eigenvalue weighted by Crippen LogP contribution is -2.19. The fourth-order valence-electron chi connectivity index (χ4n) is 2.26. The van der Waals surface area contributed by atoms with E-state index in [1.807, 2.05) is 0 Å². The van der Waals surface area contributed by atoms with Crippen molar-refractivity contribution >= 4 is 22.9 Å². The number of rotatable bonds is 2. The topological polar surface area (TPSA) is 65.3 Å². The van der Waals surface area contributed by atoms with Crippen LogP contribution in [0.25, 0.3) is 5.52 Å². The number of nitrogens with zero attached hydrogens (tertiary/aromatic N) is 3. The van der Waals surface area contributed by atoms with Crippen LogP contribution in [0, 0.1) is 5.82 Å². The summed E-state index contributed by atoms with van der Waals surface area (Å²) in [5, 5.41) is 4.53. The van der Waals surface area contributed by atoms with Crippen LogP contribution in [-0.2, 0) is 13.5 Å². The molecule has 0 aliphatic heterocycles. The van der Waals surface area contributed by atoms with Gasteiger partial charge in [-0.05, 0) is 23.8 Å². The van der Waals surface area contributed by atoms with E-state index in [-0.39, 0.29) is 17.8 Å². The summed E-state index contributed by atoms with van der Waals surface area (Å²) in [6.45, 7) is 0. The molecule has 0 saturated carbocycles. The molecule has 1 aromatic carbocycles. The van der Waals surface area contributed by atoms with Crippen LogP contribution in [0.15, 0.2) is 35.4 Å². The third kappa shape index (κ3) is 2.27. The lowest BCUT2D eigenvalue weighted by atomic mass is 10.1. The van der Waals surface area contributed by atoms with Crippen LogP contribution in [0.1, 0.15) is 11.1 Å². The van der Waals surface area contributed by atoms with E-state index in [0.29, 0.717) is 21.7 Å². The molecule has 3 aromatic rings. The second-order valence-corrected chi connectivity index (χ2v) is 5.19. The average molecular weight is 307 g/mol. The monoisotopic (exact) mass is 306 g/mol. The highest BCUT2D eigenvalue weighted by Crippen LogP contribution is 2.24. The van der Waals surface area contributed by atoms with Gasteiger partial charge >= 0.3 is 0 Å². The molecular weight excluding hydrogens is 295 g/mol. The van der Waals surface area contributed by atoms with E-state index in [0.717, 1.165) is 0 Å². The third-order valence-corrected chi connectivity index (χ3v) is 3.74. The predicted octanol–water partition coefficient (Wildman–Crippen LogP) is 2.00. The molecule has 7 heteroatoms. The zero-order valence-corrected chi connectivity index (χ0v) is 11.9. The quantitative estimate of drug-likeness (QED) is 0.787.